The Morgan fingerprint density at radius 2 is 1.64 bits per heavy atom. The molecule has 140 valence electrons. The highest BCUT2D eigenvalue weighted by molar-refractivity contribution is 5.90. The fraction of sp³-hybridized carbons (Fsp3) is 0.130. The largest absolute Gasteiger partial charge is 0.497 e. The Morgan fingerprint density at radius 3 is 2.39 bits per heavy atom. The van der Waals surface area contributed by atoms with Gasteiger partial charge in [0.1, 0.15) is 17.3 Å². The first-order chi connectivity index (χ1) is 13.8. The summed E-state index contributed by atoms with van der Waals surface area (Å²) in [6.45, 7) is 0. The van der Waals surface area contributed by atoms with Gasteiger partial charge in [-0.3, -0.25) is 0 Å². The summed E-state index contributed by atoms with van der Waals surface area (Å²) >= 11 is 0. The highest BCUT2D eigenvalue weighted by Crippen LogP contribution is 2.40. The molecular formula is C23H20N2O3. The zero-order chi connectivity index (χ0) is 19.1. The van der Waals surface area contributed by atoms with E-state index in [1.54, 1.807) is 20.5 Å². The number of hydrogen-bond donors (Lipinski definition) is 2. The molecule has 28 heavy (non-hydrogen) atoms. The van der Waals surface area contributed by atoms with Gasteiger partial charge in [0.2, 0.25) is 0 Å². The minimum Gasteiger partial charge on any atom is -0.497 e. The van der Waals surface area contributed by atoms with E-state index in [1.807, 2.05) is 42.7 Å². The number of rotatable bonds is 5. The summed E-state index contributed by atoms with van der Waals surface area (Å²) in [5, 5.41) is 3.34. The van der Waals surface area contributed by atoms with E-state index in [4.69, 9.17) is 13.9 Å². The van der Waals surface area contributed by atoms with Gasteiger partial charge in [0.25, 0.3) is 0 Å². The zero-order valence-electron chi connectivity index (χ0n) is 15.7. The number of hydrogen-bond acceptors (Lipinski definition) is 3. The molecule has 0 saturated carbocycles. The van der Waals surface area contributed by atoms with Gasteiger partial charge in [0, 0.05) is 34.4 Å². The number of aromatic amines is 2. The monoisotopic (exact) mass is 372 g/mol. The molecule has 3 heterocycles. The van der Waals surface area contributed by atoms with Gasteiger partial charge in [0.05, 0.1) is 26.4 Å². The van der Waals surface area contributed by atoms with Crippen LogP contribution in [0, 0.1) is 0 Å². The second-order valence-electron chi connectivity index (χ2n) is 6.76. The molecule has 5 nitrogen and oxygen atoms in total. The quantitative estimate of drug-likeness (QED) is 0.432. The van der Waals surface area contributed by atoms with Crippen molar-refractivity contribution >= 4 is 21.7 Å². The Labute approximate surface area is 161 Å². The Kier molecular flexibility index (Phi) is 3.86. The molecular weight excluding hydrogens is 352 g/mol. The molecule has 0 saturated heterocycles. The predicted molar refractivity (Wildman–Crippen MR) is 109 cm³/mol. The fourth-order valence-corrected chi connectivity index (χ4v) is 3.89. The number of furan rings is 1. The average molecular weight is 372 g/mol. The van der Waals surface area contributed by atoms with Crippen LogP contribution in [0.3, 0.4) is 0 Å². The molecule has 0 fully saturated rings. The third kappa shape index (κ3) is 2.55. The number of nitrogens with one attached hydrogen (secondary N) is 2. The van der Waals surface area contributed by atoms with Gasteiger partial charge in [0.15, 0.2) is 0 Å². The molecule has 2 aromatic carbocycles. The maximum atomic E-state index is 5.86. The normalized spacial score (nSPS) is 12.5. The van der Waals surface area contributed by atoms with Crippen LogP contribution in [0.1, 0.15) is 22.9 Å². The van der Waals surface area contributed by atoms with E-state index in [-0.39, 0.29) is 5.92 Å². The molecule has 5 aromatic rings. The molecule has 0 aliphatic heterocycles. The van der Waals surface area contributed by atoms with E-state index in [2.05, 4.69) is 28.2 Å². The second-order valence-corrected chi connectivity index (χ2v) is 6.76. The number of aromatic nitrogens is 2. The first-order valence-corrected chi connectivity index (χ1v) is 9.12. The van der Waals surface area contributed by atoms with Crippen LogP contribution in [0.4, 0.5) is 0 Å². The molecule has 0 aliphatic rings. The van der Waals surface area contributed by atoms with Crippen molar-refractivity contribution in [3.05, 3.63) is 84.2 Å². The van der Waals surface area contributed by atoms with Crippen LogP contribution in [0.2, 0.25) is 0 Å². The van der Waals surface area contributed by atoms with Crippen LogP contribution >= 0.6 is 0 Å². The topological polar surface area (TPSA) is 63.2 Å². The van der Waals surface area contributed by atoms with Crippen molar-refractivity contribution < 1.29 is 13.9 Å². The lowest BCUT2D eigenvalue weighted by molar-refractivity contribution is 0.415. The third-order valence-corrected chi connectivity index (χ3v) is 5.28. The van der Waals surface area contributed by atoms with Crippen LogP contribution in [-0.4, -0.2) is 24.2 Å². The van der Waals surface area contributed by atoms with E-state index in [1.165, 1.54) is 0 Å². The molecule has 5 heteroatoms. The molecule has 0 aliphatic carbocycles. The number of ether oxygens (including phenoxy) is 2. The average Bonchev–Trinajstić information content (AvgIpc) is 3.49. The van der Waals surface area contributed by atoms with Crippen LogP contribution in [0.5, 0.6) is 11.5 Å². The summed E-state index contributed by atoms with van der Waals surface area (Å²) < 4.78 is 16.8. The van der Waals surface area contributed by atoms with Gasteiger partial charge in [-0.15, -0.1) is 0 Å². The van der Waals surface area contributed by atoms with E-state index in [9.17, 15) is 0 Å². The smallest absolute Gasteiger partial charge is 0.119 e. The lowest BCUT2D eigenvalue weighted by Crippen LogP contribution is -2.03. The molecule has 0 spiro atoms. The number of methoxy groups -OCH3 is 2. The standard InChI is InChI=1S/C23H20N2O3/c1-26-15-6-5-14-12-25-23(17(14)10-15)22(21-4-3-9-28-21)19-13-24-20-8-7-16(27-2)11-18(19)20/h3-13,22,24-25H,1-2H3/t22-/m1/s1. The van der Waals surface area contributed by atoms with Crippen molar-refractivity contribution in [2.75, 3.05) is 14.2 Å². The van der Waals surface area contributed by atoms with Gasteiger partial charge >= 0.3 is 0 Å². The summed E-state index contributed by atoms with van der Waals surface area (Å²) in [7, 11) is 3.37. The van der Waals surface area contributed by atoms with Crippen molar-refractivity contribution in [1.82, 2.24) is 9.97 Å². The Morgan fingerprint density at radius 1 is 0.857 bits per heavy atom. The molecule has 0 radical (unpaired) electrons. The summed E-state index contributed by atoms with van der Waals surface area (Å²) in [4.78, 5) is 6.85. The number of benzene rings is 2. The minimum absolute atomic E-state index is 0.0968. The molecule has 0 unspecified atom stereocenters. The van der Waals surface area contributed by atoms with Crippen molar-refractivity contribution in [2.45, 2.75) is 5.92 Å². The van der Waals surface area contributed by atoms with E-state index >= 15 is 0 Å². The van der Waals surface area contributed by atoms with Crippen molar-refractivity contribution in [1.29, 1.82) is 0 Å². The van der Waals surface area contributed by atoms with Gasteiger partial charge in [-0.25, -0.2) is 0 Å². The maximum absolute atomic E-state index is 5.86. The Bertz CT molecular complexity index is 1170. The van der Waals surface area contributed by atoms with E-state index < -0.39 is 0 Å². The highest BCUT2D eigenvalue weighted by Gasteiger charge is 2.26. The second kappa shape index (κ2) is 6.53. The number of H-pyrrole nitrogens is 2. The SMILES string of the molecule is COc1ccc2c[nH]c([C@@H](c3ccco3)c3c[nH]c4ccc(OC)cc34)c2c1. The molecule has 3 aromatic heterocycles. The number of fused-ring (bicyclic) bond motifs is 2. The van der Waals surface area contributed by atoms with E-state index in [0.717, 1.165) is 50.2 Å². The summed E-state index contributed by atoms with van der Waals surface area (Å²) in [6.07, 6.45) is 5.78. The van der Waals surface area contributed by atoms with Gasteiger partial charge in [-0.2, -0.15) is 0 Å². The summed E-state index contributed by atoms with van der Waals surface area (Å²) in [6, 6.07) is 16.1. The molecule has 1 atom stereocenters. The summed E-state index contributed by atoms with van der Waals surface area (Å²) in [5.41, 5.74) is 3.24. The molecule has 0 bridgehead atoms. The lowest BCUT2D eigenvalue weighted by atomic mass is 9.91. The maximum Gasteiger partial charge on any atom is 0.119 e. The zero-order valence-corrected chi connectivity index (χ0v) is 15.7. The van der Waals surface area contributed by atoms with Crippen molar-refractivity contribution in [2.24, 2.45) is 0 Å². The third-order valence-electron chi connectivity index (χ3n) is 5.28. The molecule has 0 amide bonds. The van der Waals surface area contributed by atoms with Gasteiger partial charge < -0.3 is 23.9 Å². The van der Waals surface area contributed by atoms with Gasteiger partial charge in [-0.1, -0.05) is 0 Å². The van der Waals surface area contributed by atoms with Crippen LogP contribution < -0.4 is 9.47 Å². The van der Waals surface area contributed by atoms with Crippen LogP contribution in [0.25, 0.3) is 21.7 Å². The Hall–Kier alpha value is -3.60. The van der Waals surface area contributed by atoms with Gasteiger partial charge in [-0.05, 0) is 59.5 Å². The minimum atomic E-state index is -0.0968. The van der Waals surface area contributed by atoms with Crippen molar-refractivity contribution in [3.63, 3.8) is 0 Å². The lowest BCUT2D eigenvalue weighted by Gasteiger charge is -2.15. The molecule has 5 rings (SSSR count). The summed E-state index contributed by atoms with van der Waals surface area (Å²) in [5.74, 6) is 2.42. The van der Waals surface area contributed by atoms with E-state index in [0.29, 0.717) is 0 Å². The molecule has 2 N–H and O–H groups in total. The van der Waals surface area contributed by atoms with Crippen LogP contribution in [-0.2, 0) is 0 Å². The predicted octanol–water partition coefficient (Wildman–Crippen LogP) is 5.44. The Balaban J connectivity index is 1.77. The van der Waals surface area contributed by atoms with Crippen LogP contribution in [0.15, 0.2) is 71.6 Å². The van der Waals surface area contributed by atoms with Crippen molar-refractivity contribution in [3.8, 4) is 11.5 Å². The highest BCUT2D eigenvalue weighted by atomic mass is 16.5. The first kappa shape index (κ1) is 16.6. The first-order valence-electron chi connectivity index (χ1n) is 9.12. The fourth-order valence-electron chi connectivity index (χ4n) is 3.89.